The Kier molecular flexibility index (Phi) is 5.54. The van der Waals surface area contributed by atoms with Crippen molar-refractivity contribution in [1.82, 2.24) is 14.9 Å². The van der Waals surface area contributed by atoms with E-state index in [1.54, 1.807) is 35.7 Å². The van der Waals surface area contributed by atoms with Crippen LogP contribution in [-0.2, 0) is 13.0 Å². The molecular formula is C21H17BrFN3OS. The van der Waals surface area contributed by atoms with E-state index in [1.807, 2.05) is 34.9 Å². The normalized spacial score (nSPS) is 11.1. The predicted molar refractivity (Wildman–Crippen MR) is 113 cm³/mol. The number of halogens is 2. The van der Waals surface area contributed by atoms with Crippen molar-refractivity contribution in [3.63, 3.8) is 0 Å². The largest absolute Gasteiger partial charge is 0.350 e. The number of pyridine rings is 1. The first-order valence-electron chi connectivity index (χ1n) is 8.82. The van der Waals surface area contributed by atoms with Crippen molar-refractivity contribution in [2.45, 2.75) is 13.0 Å². The molecule has 1 N–H and O–H groups in total. The first-order chi connectivity index (χ1) is 13.6. The minimum absolute atomic E-state index is 0.174. The van der Waals surface area contributed by atoms with Crippen LogP contribution >= 0.6 is 27.3 Å². The lowest BCUT2D eigenvalue weighted by Gasteiger charge is -2.11. The van der Waals surface area contributed by atoms with Crippen LogP contribution in [0.3, 0.4) is 0 Å². The average Bonchev–Trinajstić information content (AvgIpc) is 3.21. The molecule has 0 saturated carbocycles. The van der Waals surface area contributed by atoms with Crippen molar-refractivity contribution in [2.75, 3.05) is 6.54 Å². The van der Waals surface area contributed by atoms with Gasteiger partial charge >= 0.3 is 0 Å². The molecule has 0 saturated heterocycles. The Morgan fingerprint density at radius 1 is 1.18 bits per heavy atom. The molecule has 0 spiro atoms. The van der Waals surface area contributed by atoms with Crippen LogP contribution in [0.1, 0.15) is 21.7 Å². The third-order valence-electron chi connectivity index (χ3n) is 4.47. The number of aromatic nitrogens is 2. The van der Waals surface area contributed by atoms with Crippen molar-refractivity contribution in [1.29, 1.82) is 0 Å². The second-order valence-electron chi connectivity index (χ2n) is 6.33. The molecule has 1 aromatic carbocycles. The fraction of sp³-hybridized carbons (Fsp3) is 0.143. The summed E-state index contributed by atoms with van der Waals surface area (Å²) in [7, 11) is 0. The summed E-state index contributed by atoms with van der Waals surface area (Å²) in [6, 6.07) is 16.2. The molecule has 0 aliphatic rings. The summed E-state index contributed by atoms with van der Waals surface area (Å²) in [6.07, 6.45) is 2.39. The molecule has 0 aliphatic heterocycles. The van der Waals surface area contributed by atoms with Crippen molar-refractivity contribution < 1.29 is 9.18 Å². The minimum Gasteiger partial charge on any atom is -0.350 e. The number of nitrogens with one attached hydrogen (secondary N) is 1. The standard InChI is InChI=1S/C21H17BrFN3OS/c22-20-12-17-19(28-20)11-18(26(17)13-14-5-1-2-7-16(14)23)21(27)25-10-8-15-6-3-4-9-24-15/h1-7,9,11-12H,8,10,13H2,(H,25,27). The molecule has 0 fully saturated rings. The van der Waals surface area contributed by atoms with Crippen LogP contribution in [0.4, 0.5) is 4.39 Å². The molecule has 0 aliphatic carbocycles. The van der Waals surface area contributed by atoms with E-state index in [2.05, 4.69) is 26.2 Å². The molecule has 4 aromatic rings. The van der Waals surface area contributed by atoms with Crippen molar-refractivity contribution >= 4 is 43.4 Å². The molecule has 28 heavy (non-hydrogen) atoms. The highest BCUT2D eigenvalue weighted by atomic mass is 79.9. The number of nitrogens with zero attached hydrogens (tertiary/aromatic N) is 2. The molecule has 0 unspecified atom stereocenters. The van der Waals surface area contributed by atoms with Gasteiger partial charge in [0.25, 0.3) is 5.91 Å². The SMILES string of the molecule is O=C(NCCc1ccccn1)c1cc2sc(Br)cc2n1Cc1ccccc1F. The lowest BCUT2D eigenvalue weighted by Crippen LogP contribution is -2.28. The molecule has 7 heteroatoms. The quantitative estimate of drug-likeness (QED) is 0.441. The lowest BCUT2D eigenvalue weighted by molar-refractivity contribution is 0.0945. The van der Waals surface area contributed by atoms with Crippen LogP contribution in [0.5, 0.6) is 0 Å². The molecule has 3 heterocycles. The molecule has 0 atom stereocenters. The highest BCUT2D eigenvalue weighted by molar-refractivity contribution is 9.11. The van der Waals surface area contributed by atoms with Crippen molar-refractivity contribution in [3.8, 4) is 0 Å². The Bertz CT molecular complexity index is 1120. The van der Waals surface area contributed by atoms with E-state index in [-0.39, 0.29) is 11.7 Å². The van der Waals surface area contributed by atoms with E-state index in [9.17, 15) is 9.18 Å². The number of carbonyl (C=O) groups excluding carboxylic acids is 1. The van der Waals surface area contributed by atoms with Gasteiger partial charge in [-0.15, -0.1) is 11.3 Å². The van der Waals surface area contributed by atoms with Gasteiger partial charge in [-0.3, -0.25) is 9.78 Å². The van der Waals surface area contributed by atoms with E-state index in [0.717, 1.165) is 19.7 Å². The van der Waals surface area contributed by atoms with Crippen LogP contribution in [0.25, 0.3) is 10.2 Å². The molecule has 0 bridgehead atoms. The Labute approximate surface area is 174 Å². The van der Waals surface area contributed by atoms with Crippen LogP contribution in [0.15, 0.2) is 64.6 Å². The van der Waals surface area contributed by atoms with Gasteiger partial charge in [0, 0.05) is 30.4 Å². The predicted octanol–water partition coefficient (Wildman–Crippen LogP) is 5.02. The number of hydrogen-bond donors (Lipinski definition) is 1. The summed E-state index contributed by atoms with van der Waals surface area (Å²) < 4.78 is 18.0. The summed E-state index contributed by atoms with van der Waals surface area (Å²) in [6.45, 7) is 0.778. The Hall–Kier alpha value is -2.51. The van der Waals surface area contributed by atoms with E-state index < -0.39 is 0 Å². The van der Waals surface area contributed by atoms with Crippen LogP contribution in [0.2, 0.25) is 0 Å². The van der Waals surface area contributed by atoms with Gasteiger partial charge in [0.15, 0.2) is 0 Å². The number of fused-ring (bicyclic) bond motifs is 1. The minimum atomic E-state index is -0.278. The number of hydrogen-bond acceptors (Lipinski definition) is 3. The number of carbonyl (C=O) groups is 1. The topological polar surface area (TPSA) is 46.9 Å². The fourth-order valence-corrected chi connectivity index (χ4v) is 4.67. The maximum atomic E-state index is 14.2. The first-order valence-corrected chi connectivity index (χ1v) is 10.4. The molecule has 0 radical (unpaired) electrons. The second-order valence-corrected chi connectivity index (χ2v) is 8.80. The molecule has 3 aromatic heterocycles. The maximum Gasteiger partial charge on any atom is 0.267 e. The maximum absolute atomic E-state index is 14.2. The van der Waals surface area contributed by atoms with Gasteiger partial charge < -0.3 is 9.88 Å². The number of amides is 1. The zero-order valence-electron chi connectivity index (χ0n) is 14.9. The molecule has 1 amide bonds. The fourth-order valence-electron chi connectivity index (χ4n) is 3.11. The summed E-state index contributed by atoms with van der Waals surface area (Å²) in [4.78, 5) is 17.1. The van der Waals surface area contributed by atoms with Gasteiger partial charge in [-0.1, -0.05) is 24.3 Å². The summed E-state index contributed by atoms with van der Waals surface area (Å²) in [5.74, 6) is -0.452. The number of thiophene rings is 1. The third kappa shape index (κ3) is 4.00. The lowest BCUT2D eigenvalue weighted by atomic mass is 10.2. The van der Waals surface area contributed by atoms with E-state index in [0.29, 0.717) is 30.8 Å². The first kappa shape index (κ1) is 18.8. The summed E-state index contributed by atoms with van der Waals surface area (Å²) in [5.41, 5.74) is 2.91. The van der Waals surface area contributed by atoms with Gasteiger partial charge in [-0.25, -0.2) is 4.39 Å². The van der Waals surface area contributed by atoms with Crippen LogP contribution < -0.4 is 5.32 Å². The van der Waals surface area contributed by atoms with Crippen molar-refractivity contribution in [3.05, 3.63) is 87.3 Å². The highest BCUT2D eigenvalue weighted by Crippen LogP contribution is 2.33. The number of rotatable bonds is 6. The van der Waals surface area contributed by atoms with E-state index in [1.165, 1.54) is 6.07 Å². The highest BCUT2D eigenvalue weighted by Gasteiger charge is 2.18. The molecule has 4 nitrogen and oxygen atoms in total. The smallest absolute Gasteiger partial charge is 0.267 e. The van der Waals surface area contributed by atoms with Gasteiger partial charge in [0.2, 0.25) is 0 Å². The number of benzene rings is 1. The monoisotopic (exact) mass is 457 g/mol. The van der Waals surface area contributed by atoms with Crippen LogP contribution in [-0.4, -0.2) is 22.0 Å². The Balaban J connectivity index is 1.58. The van der Waals surface area contributed by atoms with E-state index >= 15 is 0 Å². The van der Waals surface area contributed by atoms with Gasteiger partial charge in [-0.2, -0.15) is 0 Å². The summed E-state index contributed by atoms with van der Waals surface area (Å²) >= 11 is 5.04. The Morgan fingerprint density at radius 3 is 2.79 bits per heavy atom. The zero-order chi connectivity index (χ0) is 19.5. The molecule has 142 valence electrons. The second kappa shape index (κ2) is 8.24. The van der Waals surface area contributed by atoms with Crippen molar-refractivity contribution in [2.24, 2.45) is 0 Å². The summed E-state index contributed by atoms with van der Waals surface area (Å²) in [5, 5.41) is 2.95. The van der Waals surface area contributed by atoms with Gasteiger partial charge in [0.05, 0.1) is 20.5 Å². The van der Waals surface area contributed by atoms with Gasteiger partial charge in [0.1, 0.15) is 11.5 Å². The third-order valence-corrected chi connectivity index (χ3v) is 6.05. The zero-order valence-corrected chi connectivity index (χ0v) is 17.3. The molecule has 4 rings (SSSR count). The van der Waals surface area contributed by atoms with Crippen LogP contribution in [0, 0.1) is 5.82 Å². The van der Waals surface area contributed by atoms with E-state index in [4.69, 9.17) is 0 Å². The average molecular weight is 458 g/mol. The molecular weight excluding hydrogens is 441 g/mol. The van der Waals surface area contributed by atoms with Gasteiger partial charge in [-0.05, 0) is 46.3 Å². The Morgan fingerprint density at radius 2 is 2.00 bits per heavy atom.